The van der Waals surface area contributed by atoms with Crippen LogP contribution in [0.25, 0.3) is 0 Å². The number of amides is 1. The van der Waals surface area contributed by atoms with Gasteiger partial charge in [-0.15, -0.1) is 0 Å². The predicted molar refractivity (Wildman–Crippen MR) is 127 cm³/mol. The minimum atomic E-state index is 0.0967. The van der Waals surface area contributed by atoms with E-state index in [1.165, 1.54) is 36.4 Å². The average molecular weight is 440 g/mol. The van der Waals surface area contributed by atoms with Gasteiger partial charge in [0.25, 0.3) is 0 Å². The van der Waals surface area contributed by atoms with Crippen LogP contribution >= 0.6 is 0 Å². The Kier molecular flexibility index (Phi) is 7.28. The van der Waals surface area contributed by atoms with Gasteiger partial charge in [0.2, 0.25) is 5.91 Å². The molecule has 2 unspecified atom stereocenters. The van der Waals surface area contributed by atoms with Gasteiger partial charge in [0.05, 0.1) is 37.8 Å². The van der Waals surface area contributed by atoms with Gasteiger partial charge < -0.3 is 20.8 Å². The number of carbonyl (C=O) groups excluding carboxylic acids is 1. The molecule has 4 rings (SSSR count). The highest BCUT2D eigenvalue weighted by Gasteiger charge is 2.47. The number of nitrogens with one attached hydrogen (secondary N) is 1. The Labute approximate surface area is 191 Å². The lowest BCUT2D eigenvalue weighted by molar-refractivity contribution is -0.151. The Hall–Kier alpha value is -2.22. The van der Waals surface area contributed by atoms with Crippen LogP contribution in [-0.4, -0.2) is 90.9 Å². The lowest BCUT2D eigenvalue weighted by Gasteiger charge is -2.54. The van der Waals surface area contributed by atoms with E-state index in [0.29, 0.717) is 32.7 Å². The molecular formula is C25H37N5O2. The Bertz CT molecular complexity index is 864. The summed E-state index contributed by atoms with van der Waals surface area (Å²) < 4.78 is 6.09. The maximum atomic E-state index is 13.6. The van der Waals surface area contributed by atoms with Crippen LogP contribution in [0.15, 0.2) is 30.0 Å². The van der Waals surface area contributed by atoms with E-state index in [1.54, 1.807) is 0 Å². The van der Waals surface area contributed by atoms with Gasteiger partial charge in [-0.3, -0.25) is 14.6 Å². The number of aryl methyl sites for hydroxylation is 2. The maximum absolute atomic E-state index is 13.6. The summed E-state index contributed by atoms with van der Waals surface area (Å²) in [5.41, 5.74) is 10.1. The highest BCUT2D eigenvalue weighted by molar-refractivity contribution is 5.79. The Morgan fingerprint density at radius 3 is 2.56 bits per heavy atom. The fraction of sp³-hybridized carbons (Fsp3) is 0.600. The number of rotatable bonds is 6. The molecule has 1 aromatic carbocycles. The van der Waals surface area contributed by atoms with Crippen LogP contribution in [0, 0.1) is 19.3 Å². The molecule has 3 atom stereocenters. The molecule has 0 aliphatic carbocycles. The number of likely N-dealkylation sites (tertiary alicyclic amines) is 1. The molecule has 1 aromatic rings. The molecule has 3 N–H and O–H groups in total. The summed E-state index contributed by atoms with van der Waals surface area (Å²) in [7, 11) is 0. The van der Waals surface area contributed by atoms with Crippen molar-refractivity contribution in [3.05, 3.63) is 46.7 Å². The fourth-order valence-electron chi connectivity index (χ4n) is 5.50. The zero-order valence-electron chi connectivity index (χ0n) is 19.4. The third-order valence-corrected chi connectivity index (χ3v) is 7.46. The molecule has 3 saturated heterocycles. The molecule has 1 amide bonds. The second-order valence-corrected chi connectivity index (χ2v) is 9.44. The van der Waals surface area contributed by atoms with Crippen molar-refractivity contribution >= 4 is 12.1 Å². The molecule has 3 aliphatic heterocycles. The molecule has 3 fully saturated rings. The van der Waals surface area contributed by atoms with Gasteiger partial charge in [0.15, 0.2) is 0 Å². The lowest BCUT2D eigenvalue weighted by Crippen LogP contribution is -2.71. The van der Waals surface area contributed by atoms with Gasteiger partial charge in [-0.25, -0.2) is 0 Å². The SMILES string of the molecule is Cc1ccc(CC(=O)N2CCN(C/C(C=N)=C/N)C3COC[C@H](N4CCCC4)C32)cc1C. The first-order chi connectivity index (χ1) is 15.5. The van der Waals surface area contributed by atoms with Crippen LogP contribution in [0.4, 0.5) is 0 Å². The number of ether oxygens (including phenoxy) is 1. The lowest BCUT2D eigenvalue weighted by atomic mass is 9.90. The monoisotopic (exact) mass is 439 g/mol. The van der Waals surface area contributed by atoms with Crippen molar-refractivity contribution in [2.75, 3.05) is 45.9 Å². The number of carbonyl (C=O) groups is 1. The predicted octanol–water partition coefficient (Wildman–Crippen LogP) is 1.71. The smallest absolute Gasteiger partial charge is 0.227 e. The molecule has 3 heterocycles. The summed E-state index contributed by atoms with van der Waals surface area (Å²) >= 11 is 0. The molecule has 0 radical (unpaired) electrons. The normalized spacial score (nSPS) is 27.4. The van der Waals surface area contributed by atoms with Crippen LogP contribution < -0.4 is 5.73 Å². The number of nitrogens with two attached hydrogens (primary N) is 1. The number of hydrogen-bond acceptors (Lipinski definition) is 6. The standard InChI is InChI=1S/C25H37N5O2/c1-18-5-6-20(11-19(18)2)12-24(31)30-10-9-29(15-21(13-26)14-27)23-17-32-16-22(25(23)30)28-7-3-4-8-28/h5-6,11,13-14,22-23,25-26H,3-4,7-10,12,15-17,27H2,1-2H3/b21-14+,26-13?/t22-,23?,25?/m0/s1. The number of hydrogen-bond donors (Lipinski definition) is 2. The topological polar surface area (TPSA) is 85.9 Å². The van der Waals surface area contributed by atoms with Crippen molar-refractivity contribution < 1.29 is 9.53 Å². The molecular weight excluding hydrogens is 402 g/mol. The van der Waals surface area contributed by atoms with Crippen molar-refractivity contribution in [3.8, 4) is 0 Å². The molecule has 3 aliphatic rings. The molecule has 0 aromatic heterocycles. The fourth-order valence-corrected chi connectivity index (χ4v) is 5.50. The van der Waals surface area contributed by atoms with E-state index in [-0.39, 0.29) is 24.0 Å². The summed E-state index contributed by atoms with van der Waals surface area (Å²) in [4.78, 5) is 20.6. The second-order valence-electron chi connectivity index (χ2n) is 9.44. The summed E-state index contributed by atoms with van der Waals surface area (Å²) in [6.07, 6.45) is 5.70. The average Bonchev–Trinajstić information content (AvgIpc) is 3.34. The van der Waals surface area contributed by atoms with Crippen molar-refractivity contribution in [1.29, 1.82) is 5.41 Å². The first kappa shape index (κ1) is 23.0. The molecule has 7 heteroatoms. The van der Waals surface area contributed by atoms with Gasteiger partial charge in [0.1, 0.15) is 0 Å². The van der Waals surface area contributed by atoms with E-state index >= 15 is 0 Å². The molecule has 0 spiro atoms. The Morgan fingerprint density at radius 2 is 1.88 bits per heavy atom. The number of piperazine rings is 1. The maximum Gasteiger partial charge on any atom is 0.227 e. The van der Waals surface area contributed by atoms with Crippen molar-refractivity contribution in [1.82, 2.24) is 14.7 Å². The summed E-state index contributed by atoms with van der Waals surface area (Å²) in [5.74, 6) is 0.204. The Balaban J connectivity index is 1.58. The zero-order chi connectivity index (χ0) is 22.7. The largest absolute Gasteiger partial charge is 0.404 e. The van der Waals surface area contributed by atoms with E-state index in [4.69, 9.17) is 15.9 Å². The summed E-state index contributed by atoms with van der Waals surface area (Å²) in [5, 5.41) is 7.65. The van der Waals surface area contributed by atoms with Crippen molar-refractivity contribution in [2.24, 2.45) is 5.73 Å². The van der Waals surface area contributed by atoms with Crippen LogP contribution in [0.3, 0.4) is 0 Å². The van der Waals surface area contributed by atoms with Crippen molar-refractivity contribution in [2.45, 2.75) is 51.2 Å². The first-order valence-corrected chi connectivity index (χ1v) is 11.8. The highest BCUT2D eigenvalue weighted by atomic mass is 16.5. The number of nitrogens with zero attached hydrogens (tertiary/aromatic N) is 3. The van der Waals surface area contributed by atoms with E-state index in [2.05, 4.69) is 46.7 Å². The van der Waals surface area contributed by atoms with Crippen LogP contribution in [-0.2, 0) is 16.0 Å². The third kappa shape index (κ3) is 4.75. The van der Waals surface area contributed by atoms with Gasteiger partial charge in [-0.1, -0.05) is 18.2 Å². The van der Waals surface area contributed by atoms with Gasteiger partial charge in [0, 0.05) is 25.8 Å². The molecule has 174 valence electrons. The second kappa shape index (κ2) is 10.1. The van der Waals surface area contributed by atoms with E-state index in [9.17, 15) is 4.79 Å². The number of benzene rings is 1. The van der Waals surface area contributed by atoms with E-state index in [1.807, 2.05) is 0 Å². The summed E-state index contributed by atoms with van der Waals surface area (Å²) in [6.45, 7) is 9.72. The minimum Gasteiger partial charge on any atom is -0.404 e. The van der Waals surface area contributed by atoms with Gasteiger partial charge >= 0.3 is 0 Å². The van der Waals surface area contributed by atoms with Crippen molar-refractivity contribution in [3.63, 3.8) is 0 Å². The van der Waals surface area contributed by atoms with Crippen LogP contribution in [0.5, 0.6) is 0 Å². The zero-order valence-corrected chi connectivity index (χ0v) is 19.4. The molecule has 0 bridgehead atoms. The summed E-state index contributed by atoms with van der Waals surface area (Å²) in [6, 6.07) is 6.76. The highest BCUT2D eigenvalue weighted by Crippen LogP contribution is 2.30. The van der Waals surface area contributed by atoms with Crippen LogP contribution in [0.1, 0.15) is 29.5 Å². The molecule has 32 heavy (non-hydrogen) atoms. The quantitative estimate of drug-likeness (QED) is 0.659. The first-order valence-electron chi connectivity index (χ1n) is 11.8. The molecule has 7 nitrogen and oxygen atoms in total. The van der Waals surface area contributed by atoms with E-state index in [0.717, 1.165) is 30.8 Å². The molecule has 0 saturated carbocycles. The third-order valence-electron chi connectivity index (χ3n) is 7.46. The Morgan fingerprint density at radius 1 is 1.12 bits per heavy atom. The van der Waals surface area contributed by atoms with E-state index < -0.39 is 0 Å². The minimum absolute atomic E-state index is 0.0967. The number of fused-ring (bicyclic) bond motifs is 1. The van der Waals surface area contributed by atoms with Gasteiger partial charge in [-0.2, -0.15) is 0 Å². The van der Waals surface area contributed by atoms with Crippen LogP contribution in [0.2, 0.25) is 0 Å². The van der Waals surface area contributed by atoms with Gasteiger partial charge in [-0.05, 0) is 68.2 Å².